The van der Waals surface area contributed by atoms with Crippen LogP contribution < -0.4 is 5.32 Å². The van der Waals surface area contributed by atoms with E-state index in [0.29, 0.717) is 11.5 Å². The van der Waals surface area contributed by atoms with Crippen LogP contribution in [0.4, 0.5) is 6.01 Å². The maximum atomic E-state index is 12.5. The van der Waals surface area contributed by atoms with Crippen LogP contribution in [0.3, 0.4) is 0 Å². The Morgan fingerprint density at radius 2 is 1.96 bits per heavy atom. The summed E-state index contributed by atoms with van der Waals surface area (Å²) in [6.45, 7) is 6.04. The van der Waals surface area contributed by atoms with Gasteiger partial charge in [-0.05, 0) is 43.4 Å². The first-order chi connectivity index (χ1) is 12.1. The van der Waals surface area contributed by atoms with Crippen molar-refractivity contribution in [1.82, 2.24) is 10.2 Å². The second-order valence-electron chi connectivity index (χ2n) is 5.61. The van der Waals surface area contributed by atoms with Gasteiger partial charge in [0.2, 0.25) is 5.89 Å². The number of hydrogen-bond acceptors (Lipinski definition) is 5. The van der Waals surface area contributed by atoms with Crippen LogP contribution in [0.15, 0.2) is 51.8 Å². The van der Waals surface area contributed by atoms with Crippen molar-refractivity contribution in [3.8, 4) is 11.5 Å². The van der Waals surface area contributed by atoms with Gasteiger partial charge in [0.1, 0.15) is 0 Å². The number of hydrogen-bond donors (Lipinski definition) is 1. The first kappa shape index (κ1) is 17.2. The number of aryl methyl sites for hydroxylation is 2. The molecule has 0 fully saturated rings. The average Bonchev–Trinajstić information content (AvgIpc) is 3.06. The molecule has 0 unspecified atom stereocenters. The average molecular weight is 353 g/mol. The van der Waals surface area contributed by atoms with Gasteiger partial charge in [-0.25, -0.2) is 0 Å². The van der Waals surface area contributed by atoms with E-state index in [-0.39, 0.29) is 11.9 Å². The molecule has 0 spiro atoms. The number of benzene rings is 2. The number of thioether (sulfide) groups is 1. The number of amides is 1. The third kappa shape index (κ3) is 3.91. The van der Waals surface area contributed by atoms with Gasteiger partial charge in [0, 0.05) is 10.5 Å². The summed E-state index contributed by atoms with van der Waals surface area (Å²) in [4.78, 5) is 13.5. The standard InChI is InChI=1S/C19H19N3O2S/c1-4-25-16-8-6-5-7-14(16)17(23)20-19-22-21-18(24-19)15-11-12(2)9-10-13(15)3/h5-11H,4H2,1-3H3,(H,20,22,23). The zero-order chi connectivity index (χ0) is 17.8. The molecule has 3 rings (SSSR count). The molecule has 3 aromatic rings. The molecule has 1 amide bonds. The van der Waals surface area contributed by atoms with Crippen molar-refractivity contribution in [3.63, 3.8) is 0 Å². The Kier molecular flexibility index (Phi) is 5.19. The van der Waals surface area contributed by atoms with Crippen LogP contribution in [0.1, 0.15) is 28.4 Å². The van der Waals surface area contributed by atoms with Gasteiger partial charge >= 0.3 is 6.01 Å². The smallest absolute Gasteiger partial charge is 0.322 e. The van der Waals surface area contributed by atoms with Crippen molar-refractivity contribution in [2.45, 2.75) is 25.7 Å². The Morgan fingerprint density at radius 1 is 1.16 bits per heavy atom. The largest absolute Gasteiger partial charge is 0.403 e. The van der Waals surface area contributed by atoms with E-state index in [1.165, 1.54) is 0 Å². The summed E-state index contributed by atoms with van der Waals surface area (Å²) in [7, 11) is 0. The summed E-state index contributed by atoms with van der Waals surface area (Å²) in [5.74, 6) is 1.03. The van der Waals surface area contributed by atoms with E-state index < -0.39 is 0 Å². The van der Waals surface area contributed by atoms with Crippen molar-refractivity contribution in [1.29, 1.82) is 0 Å². The minimum absolute atomic E-state index is 0.0946. The molecule has 1 aromatic heterocycles. The summed E-state index contributed by atoms with van der Waals surface area (Å²) in [6.07, 6.45) is 0. The first-order valence-electron chi connectivity index (χ1n) is 8.02. The lowest BCUT2D eigenvalue weighted by Crippen LogP contribution is -2.13. The van der Waals surface area contributed by atoms with Gasteiger partial charge in [0.05, 0.1) is 5.56 Å². The van der Waals surface area contributed by atoms with E-state index in [4.69, 9.17) is 4.42 Å². The first-order valence-corrected chi connectivity index (χ1v) is 9.01. The summed E-state index contributed by atoms with van der Waals surface area (Å²) < 4.78 is 5.64. The fourth-order valence-electron chi connectivity index (χ4n) is 2.45. The molecule has 1 heterocycles. The highest BCUT2D eigenvalue weighted by Gasteiger charge is 2.16. The molecule has 0 bridgehead atoms. The highest BCUT2D eigenvalue weighted by atomic mass is 32.2. The lowest BCUT2D eigenvalue weighted by atomic mass is 10.1. The highest BCUT2D eigenvalue weighted by molar-refractivity contribution is 7.99. The minimum atomic E-state index is -0.257. The third-order valence-electron chi connectivity index (χ3n) is 3.70. The highest BCUT2D eigenvalue weighted by Crippen LogP contribution is 2.26. The molecule has 2 aromatic carbocycles. The summed E-state index contributed by atoms with van der Waals surface area (Å²) in [5, 5.41) is 10.7. The van der Waals surface area contributed by atoms with Crippen LogP contribution in [0.2, 0.25) is 0 Å². The Hall–Kier alpha value is -2.60. The van der Waals surface area contributed by atoms with Crippen LogP contribution in [-0.2, 0) is 0 Å². The number of carbonyl (C=O) groups excluding carboxylic acids is 1. The minimum Gasteiger partial charge on any atom is -0.403 e. The SMILES string of the molecule is CCSc1ccccc1C(=O)Nc1nnc(-c2cc(C)ccc2C)o1. The van der Waals surface area contributed by atoms with E-state index in [0.717, 1.165) is 27.3 Å². The van der Waals surface area contributed by atoms with E-state index in [2.05, 4.69) is 15.5 Å². The van der Waals surface area contributed by atoms with Gasteiger partial charge < -0.3 is 4.42 Å². The van der Waals surface area contributed by atoms with Crippen molar-refractivity contribution in [3.05, 3.63) is 59.2 Å². The van der Waals surface area contributed by atoms with Crippen molar-refractivity contribution in [2.24, 2.45) is 0 Å². The number of aromatic nitrogens is 2. The summed E-state index contributed by atoms with van der Waals surface area (Å²) in [6, 6.07) is 13.6. The third-order valence-corrected chi connectivity index (χ3v) is 4.66. The second kappa shape index (κ2) is 7.53. The van der Waals surface area contributed by atoms with Crippen LogP contribution >= 0.6 is 11.8 Å². The lowest BCUT2D eigenvalue weighted by molar-refractivity contribution is 0.102. The van der Waals surface area contributed by atoms with Gasteiger partial charge in [0.15, 0.2) is 0 Å². The van der Waals surface area contributed by atoms with Crippen molar-refractivity contribution >= 4 is 23.7 Å². The number of carbonyl (C=O) groups is 1. The van der Waals surface area contributed by atoms with E-state index in [1.807, 2.05) is 57.2 Å². The van der Waals surface area contributed by atoms with Gasteiger partial charge in [0.25, 0.3) is 5.91 Å². The molecule has 0 aliphatic carbocycles. The molecule has 0 aliphatic rings. The van der Waals surface area contributed by atoms with Crippen LogP contribution in [-0.4, -0.2) is 21.9 Å². The maximum absolute atomic E-state index is 12.5. The Morgan fingerprint density at radius 3 is 2.76 bits per heavy atom. The fourth-order valence-corrected chi connectivity index (χ4v) is 3.25. The van der Waals surface area contributed by atoms with E-state index >= 15 is 0 Å². The molecule has 0 atom stereocenters. The van der Waals surface area contributed by atoms with Crippen molar-refractivity contribution in [2.75, 3.05) is 11.1 Å². The Labute approximate surface area is 150 Å². The molecule has 6 heteroatoms. The molecule has 5 nitrogen and oxygen atoms in total. The molecular formula is C19H19N3O2S. The van der Waals surface area contributed by atoms with Crippen LogP contribution in [0.5, 0.6) is 0 Å². The molecular weight excluding hydrogens is 334 g/mol. The maximum Gasteiger partial charge on any atom is 0.322 e. The fraction of sp³-hybridized carbons (Fsp3) is 0.211. The van der Waals surface area contributed by atoms with Crippen LogP contribution in [0.25, 0.3) is 11.5 Å². The number of nitrogens with one attached hydrogen (secondary N) is 1. The Bertz CT molecular complexity index is 905. The quantitative estimate of drug-likeness (QED) is 0.672. The molecule has 25 heavy (non-hydrogen) atoms. The molecule has 0 radical (unpaired) electrons. The van der Waals surface area contributed by atoms with E-state index in [1.54, 1.807) is 17.8 Å². The summed E-state index contributed by atoms with van der Waals surface area (Å²) >= 11 is 1.62. The van der Waals surface area contributed by atoms with Gasteiger partial charge in [-0.3, -0.25) is 10.1 Å². The molecule has 0 saturated heterocycles. The molecule has 1 N–H and O–H groups in total. The Balaban J connectivity index is 1.82. The second-order valence-corrected chi connectivity index (χ2v) is 6.92. The predicted molar refractivity (Wildman–Crippen MR) is 100 cm³/mol. The van der Waals surface area contributed by atoms with E-state index in [9.17, 15) is 4.79 Å². The number of rotatable bonds is 5. The predicted octanol–water partition coefficient (Wildman–Crippen LogP) is 4.72. The molecule has 0 saturated carbocycles. The molecule has 128 valence electrons. The lowest BCUT2D eigenvalue weighted by Gasteiger charge is -2.06. The van der Waals surface area contributed by atoms with Gasteiger partial charge in [-0.15, -0.1) is 16.9 Å². The zero-order valence-corrected chi connectivity index (χ0v) is 15.2. The normalized spacial score (nSPS) is 10.7. The van der Waals surface area contributed by atoms with Gasteiger partial charge in [-0.1, -0.05) is 41.9 Å². The number of nitrogens with zero attached hydrogens (tertiary/aromatic N) is 2. The zero-order valence-electron chi connectivity index (χ0n) is 14.4. The van der Waals surface area contributed by atoms with Crippen molar-refractivity contribution < 1.29 is 9.21 Å². The molecule has 0 aliphatic heterocycles. The summed E-state index contributed by atoms with van der Waals surface area (Å²) in [5.41, 5.74) is 3.61. The topological polar surface area (TPSA) is 68.0 Å². The van der Waals surface area contributed by atoms with Crippen LogP contribution in [0, 0.1) is 13.8 Å². The number of anilines is 1. The monoisotopic (exact) mass is 353 g/mol. The van der Waals surface area contributed by atoms with Gasteiger partial charge in [-0.2, -0.15) is 0 Å².